The van der Waals surface area contributed by atoms with Gasteiger partial charge in [0.2, 0.25) is 12.7 Å². The third-order valence-corrected chi connectivity index (χ3v) is 5.53. The first kappa shape index (κ1) is 19.2. The second-order valence-electron chi connectivity index (χ2n) is 6.91. The van der Waals surface area contributed by atoms with Gasteiger partial charge < -0.3 is 19.8 Å². The number of H-pyrrole nitrogens is 1. The minimum Gasteiger partial charge on any atom is -0.454 e. The second-order valence-corrected chi connectivity index (χ2v) is 7.87. The van der Waals surface area contributed by atoms with Crippen molar-refractivity contribution >= 4 is 34.4 Å². The van der Waals surface area contributed by atoms with Gasteiger partial charge in [0.05, 0.1) is 17.6 Å². The van der Waals surface area contributed by atoms with Gasteiger partial charge in [-0.25, -0.2) is 9.67 Å². The number of carbonyl (C=O) groups excluding carboxylic acids is 1. The molecule has 0 saturated heterocycles. The Labute approximate surface area is 180 Å². The number of nitrogens with one attached hydrogen (secondary N) is 2. The molecule has 1 amide bonds. The first-order valence-electron chi connectivity index (χ1n) is 9.44. The number of amides is 1. The number of hydrogen-bond acceptors (Lipinski definition) is 7. The van der Waals surface area contributed by atoms with Gasteiger partial charge in [-0.3, -0.25) is 9.59 Å². The number of rotatable bonds is 5. The summed E-state index contributed by atoms with van der Waals surface area (Å²) < 4.78 is 12.2. The smallest absolute Gasteiger partial charge is 0.262 e. The van der Waals surface area contributed by atoms with E-state index in [1.807, 2.05) is 31.2 Å². The van der Waals surface area contributed by atoms with E-state index in [1.165, 1.54) is 6.20 Å². The van der Waals surface area contributed by atoms with Crippen LogP contribution in [-0.2, 0) is 4.79 Å². The maximum Gasteiger partial charge on any atom is 0.262 e. The summed E-state index contributed by atoms with van der Waals surface area (Å²) in [6.07, 6.45) is 1.49. The highest BCUT2D eigenvalue weighted by atomic mass is 32.2. The van der Waals surface area contributed by atoms with Crippen molar-refractivity contribution in [3.8, 4) is 17.2 Å². The van der Waals surface area contributed by atoms with Gasteiger partial charge in [-0.05, 0) is 36.8 Å². The van der Waals surface area contributed by atoms with Gasteiger partial charge in [0.15, 0.2) is 22.3 Å². The Bertz CT molecular complexity index is 1360. The Morgan fingerprint density at radius 1 is 1.23 bits per heavy atom. The number of aryl methyl sites for hydroxylation is 1. The zero-order chi connectivity index (χ0) is 21.4. The molecule has 1 aliphatic rings. The average Bonchev–Trinajstić information content (AvgIpc) is 3.39. The number of nitrogens with zero attached hydrogens (tertiary/aromatic N) is 3. The maximum atomic E-state index is 12.5. The van der Waals surface area contributed by atoms with Crippen molar-refractivity contribution in [3.05, 3.63) is 64.6 Å². The fourth-order valence-corrected chi connectivity index (χ4v) is 3.88. The van der Waals surface area contributed by atoms with E-state index < -0.39 is 0 Å². The van der Waals surface area contributed by atoms with E-state index in [2.05, 4.69) is 20.4 Å². The largest absolute Gasteiger partial charge is 0.454 e. The SMILES string of the molecule is Cc1cccc(-n2ncc3c(=O)[nH]c(SCC(=O)Nc4ccc5c(c4)OCO5)nc32)c1. The van der Waals surface area contributed by atoms with Crippen LogP contribution < -0.4 is 20.3 Å². The fraction of sp³-hybridized carbons (Fsp3) is 0.143. The summed E-state index contributed by atoms with van der Waals surface area (Å²) in [5.41, 5.74) is 2.62. The Morgan fingerprint density at radius 2 is 2.10 bits per heavy atom. The lowest BCUT2D eigenvalue weighted by atomic mass is 10.2. The Balaban J connectivity index is 1.34. The van der Waals surface area contributed by atoms with Crippen LogP contribution in [0.25, 0.3) is 16.7 Å². The molecule has 10 heteroatoms. The highest BCUT2D eigenvalue weighted by Gasteiger charge is 2.15. The lowest BCUT2D eigenvalue weighted by Crippen LogP contribution is -2.15. The van der Waals surface area contributed by atoms with Gasteiger partial charge in [-0.1, -0.05) is 23.9 Å². The van der Waals surface area contributed by atoms with Crippen LogP contribution in [0.15, 0.2) is 58.6 Å². The van der Waals surface area contributed by atoms with Crippen molar-refractivity contribution < 1.29 is 14.3 Å². The number of hydrogen-bond donors (Lipinski definition) is 2. The summed E-state index contributed by atoms with van der Waals surface area (Å²) in [6, 6.07) is 12.9. The highest BCUT2D eigenvalue weighted by molar-refractivity contribution is 7.99. The van der Waals surface area contributed by atoms with E-state index in [0.717, 1.165) is 23.0 Å². The molecule has 0 saturated carbocycles. The van der Waals surface area contributed by atoms with Crippen LogP contribution >= 0.6 is 11.8 Å². The van der Waals surface area contributed by atoms with Crippen molar-refractivity contribution in [1.82, 2.24) is 19.7 Å². The van der Waals surface area contributed by atoms with Gasteiger partial charge in [0.25, 0.3) is 5.56 Å². The summed E-state index contributed by atoms with van der Waals surface area (Å²) in [6.45, 7) is 2.15. The minimum absolute atomic E-state index is 0.0709. The zero-order valence-electron chi connectivity index (χ0n) is 16.4. The van der Waals surface area contributed by atoms with E-state index in [-0.39, 0.29) is 24.0 Å². The average molecular weight is 435 g/mol. The number of thioether (sulfide) groups is 1. The van der Waals surface area contributed by atoms with E-state index in [1.54, 1.807) is 22.9 Å². The minimum atomic E-state index is -0.303. The van der Waals surface area contributed by atoms with Gasteiger partial charge >= 0.3 is 0 Å². The van der Waals surface area contributed by atoms with Crippen LogP contribution in [-0.4, -0.2) is 38.2 Å². The third kappa shape index (κ3) is 3.84. The molecule has 31 heavy (non-hydrogen) atoms. The van der Waals surface area contributed by atoms with Crippen LogP contribution in [0.1, 0.15) is 5.56 Å². The Kier molecular flexibility index (Phi) is 4.83. The number of aromatic nitrogens is 4. The summed E-state index contributed by atoms with van der Waals surface area (Å²) in [5.74, 6) is 1.07. The van der Waals surface area contributed by atoms with Crippen molar-refractivity contribution in [2.75, 3.05) is 17.9 Å². The zero-order valence-corrected chi connectivity index (χ0v) is 17.2. The molecular weight excluding hydrogens is 418 g/mol. The molecule has 0 fully saturated rings. The van der Waals surface area contributed by atoms with Gasteiger partial charge in [0, 0.05) is 11.8 Å². The first-order valence-corrected chi connectivity index (χ1v) is 10.4. The number of fused-ring (bicyclic) bond motifs is 2. The highest BCUT2D eigenvalue weighted by Crippen LogP contribution is 2.34. The van der Waals surface area contributed by atoms with Crippen molar-refractivity contribution in [2.45, 2.75) is 12.1 Å². The summed E-state index contributed by atoms with van der Waals surface area (Å²) in [7, 11) is 0. The quantitative estimate of drug-likeness (QED) is 0.366. The molecule has 3 heterocycles. The molecule has 4 aromatic rings. The summed E-state index contributed by atoms with van der Waals surface area (Å²) in [4.78, 5) is 32.1. The van der Waals surface area contributed by atoms with Crippen LogP contribution in [0, 0.1) is 6.92 Å². The van der Waals surface area contributed by atoms with Crippen LogP contribution in [0.5, 0.6) is 11.5 Å². The van der Waals surface area contributed by atoms with Crippen LogP contribution in [0.4, 0.5) is 5.69 Å². The lowest BCUT2D eigenvalue weighted by molar-refractivity contribution is -0.113. The fourth-order valence-electron chi connectivity index (χ4n) is 3.22. The summed E-state index contributed by atoms with van der Waals surface area (Å²) in [5, 5.41) is 7.84. The van der Waals surface area contributed by atoms with Gasteiger partial charge in [0.1, 0.15) is 5.39 Å². The number of benzene rings is 2. The third-order valence-electron chi connectivity index (χ3n) is 4.66. The number of ether oxygens (including phenoxy) is 2. The standard InChI is InChI=1S/C21H17N5O4S/c1-12-3-2-4-14(7-12)26-19-15(9-22-26)20(28)25-21(24-19)31-10-18(27)23-13-5-6-16-17(8-13)30-11-29-16/h2-9H,10-11H2,1H3,(H,23,27)(H,24,25,28). The molecule has 0 atom stereocenters. The van der Waals surface area contributed by atoms with Crippen molar-refractivity contribution in [2.24, 2.45) is 0 Å². The van der Waals surface area contributed by atoms with Crippen LogP contribution in [0.3, 0.4) is 0 Å². The van der Waals surface area contributed by atoms with Gasteiger partial charge in [-0.15, -0.1) is 0 Å². The lowest BCUT2D eigenvalue weighted by Gasteiger charge is -2.07. The maximum absolute atomic E-state index is 12.5. The molecule has 9 nitrogen and oxygen atoms in total. The molecule has 0 aliphatic carbocycles. The molecular formula is C21H17N5O4S. The predicted molar refractivity (Wildman–Crippen MR) is 116 cm³/mol. The Hall–Kier alpha value is -3.79. The summed E-state index contributed by atoms with van der Waals surface area (Å²) >= 11 is 1.14. The number of carbonyl (C=O) groups is 1. The second kappa shape index (κ2) is 7.80. The topological polar surface area (TPSA) is 111 Å². The molecule has 1 aliphatic heterocycles. The molecule has 2 aromatic heterocycles. The Morgan fingerprint density at radius 3 is 2.97 bits per heavy atom. The van der Waals surface area contributed by atoms with E-state index in [4.69, 9.17) is 9.47 Å². The van der Waals surface area contributed by atoms with E-state index in [9.17, 15) is 9.59 Å². The predicted octanol–water partition coefficient (Wildman–Crippen LogP) is 2.88. The molecule has 0 unspecified atom stereocenters. The van der Waals surface area contributed by atoms with Crippen molar-refractivity contribution in [1.29, 1.82) is 0 Å². The first-order chi connectivity index (χ1) is 15.1. The van der Waals surface area contributed by atoms with E-state index in [0.29, 0.717) is 33.4 Å². The van der Waals surface area contributed by atoms with Gasteiger partial charge in [-0.2, -0.15) is 5.10 Å². The molecule has 156 valence electrons. The normalized spacial score (nSPS) is 12.3. The van der Waals surface area contributed by atoms with Crippen LogP contribution in [0.2, 0.25) is 0 Å². The molecule has 0 spiro atoms. The molecule has 2 N–H and O–H groups in total. The molecule has 0 bridgehead atoms. The molecule has 0 radical (unpaired) electrons. The number of anilines is 1. The monoisotopic (exact) mass is 435 g/mol. The molecule has 2 aromatic carbocycles. The molecule has 5 rings (SSSR count). The number of aromatic amines is 1. The van der Waals surface area contributed by atoms with Crippen molar-refractivity contribution in [3.63, 3.8) is 0 Å². The van der Waals surface area contributed by atoms with E-state index >= 15 is 0 Å².